The van der Waals surface area contributed by atoms with Gasteiger partial charge in [0.15, 0.2) is 0 Å². The van der Waals surface area contributed by atoms with Crippen LogP contribution in [0.5, 0.6) is 23.0 Å². The Morgan fingerprint density at radius 1 is 0.550 bits per heavy atom. The molecule has 0 aliphatic heterocycles. The van der Waals surface area contributed by atoms with Gasteiger partial charge < -0.3 is 18.9 Å². The largest absolute Gasteiger partial charge is 0.519 e. The van der Waals surface area contributed by atoms with Gasteiger partial charge in [-0.25, -0.2) is 4.79 Å². The van der Waals surface area contributed by atoms with E-state index in [2.05, 4.69) is 0 Å². The highest BCUT2D eigenvalue weighted by molar-refractivity contribution is 5.70. The molecule has 0 heterocycles. The van der Waals surface area contributed by atoms with Gasteiger partial charge in [-0.15, -0.1) is 0 Å². The molecule has 0 N–H and O–H groups in total. The fraction of sp³-hybridized carbons (Fsp3) is 0.235. The molecule has 1 saturated carbocycles. The summed E-state index contributed by atoms with van der Waals surface area (Å²) in [6.07, 6.45) is 4.73. The van der Waals surface area contributed by atoms with Crippen LogP contribution in [0.3, 0.4) is 0 Å². The van der Waals surface area contributed by atoms with Crippen LogP contribution in [-0.2, 0) is 10.2 Å². The molecule has 6 nitrogen and oxygen atoms in total. The van der Waals surface area contributed by atoms with Crippen molar-refractivity contribution in [3.8, 4) is 34.1 Å². The van der Waals surface area contributed by atoms with E-state index in [0.717, 1.165) is 42.6 Å². The average molecular weight is 537 g/mol. The lowest BCUT2D eigenvalue weighted by atomic mass is 9.65. The SMILES string of the molecule is COc1ccc(-c2ccc(OC(=O)Oc3ccc(C4(c5ccc(OC(C)=O)cc5)CCCCC4)cc3)cc2)cc1. The molecule has 1 aliphatic rings. The zero-order valence-electron chi connectivity index (χ0n) is 22.7. The van der Waals surface area contributed by atoms with Gasteiger partial charge in [-0.3, -0.25) is 4.79 Å². The predicted octanol–water partition coefficient (Wildman–Crippen LogP) is 8.12. The third kappa shape index (κ3) is 6.18. The minimum absolute atomic E-state index is 0.141. The smallest absolute Gasteiger partial charge is 0.497 e. The fourth-order valence-corrected chi connectivity index (χ4v) is 5.46. The van der Waals surface area contributed by atoms with Gasteiger partial charge in [0.25, 0.3) is 0 Å². The molecule has 0 saturated heterocycles. The van der Waals surface area contributed by atoms with Crippen LogP contribution in [0.2, 0.25) is 0 Å². The van der Waals surface area contributed by atoms with Crippen LogP contribution >= 0.6 is 0 Å². The van der Waals surface area contributed by atoms with Crippen LogP contribution in [-0.4, -0.2) is 19.2 Å². The average Bonchev–Trinajstić information content (AvgIpc) is 2.98. The highest BCUT2D eigenvalue weighted by atomic mass is 16.7. The number of hydrogen-bond acceptors (Lipinski definition) is 6. The van der Waals surface area contributed by atoms with E-state index in [1.54, 1.807) is 19.2 Å². The van der Waals surface area contributed by atoms with Crippen LogP contribution in [0.25, 0.3) is 11.1 Å². The van der Waals surface area contributed by atoms with Gasteiger partial charge in [-0.2, -0.15) is 0 Å². The molecule has 204 valence electrons. The topological polar surface area (TPSA) is 71.1 Å². The van der Waals surface area contributed by atoms with Crippen molar-refractivity contribution in [2.75, 3.05) is 7.11 Å². The Morgan fingerprint density at radius 2 is 0.950 bits per heavy atom. The second-order valence-corrected chi connectivity index (χ2v) is 9.99. The van der Waals surface area contributed by atoms with Crippen molar-refractivity contribution in [2.24, 2.45) is 0 Å². The molecule has 1 aliphatic carbocycles. The summed E-state index contributed by atoms with van der Waals surface area (Å²) in [6, 6.07) is 30.5. The van der Waals surface area contributed by atoms with E-state index in [1.807, 2.05) is 84.9 Å². The third-order valence-corrected chi connectivity index (χ3v) is 7.46. The molecule has 5 rings (SSSR count). The zero-order valence-corrected chi connectivity index (χ0v) is 22.7. The van der Waals surface area contributed by atoms with Gasteiger partial charge in [0.2, 0.25) is 0 Å². The molecule has 0 spiro atoms. The van der Waals surface area contributed by atoms with Crippen molar-refractivity contribution >= 4 is 12.1 Å². The quantitative estimate of drug-likeness (QED) is 0.135. The molecule has 0 radical (unpaired) electrons. The summed E-state index contributed by atoms with van der Waals surface area (Å²) in [7, 11) is 1.64. The zero-order chi connectivity index (χ0) is 28.0. The Balaban J connectivity index is 1.25. The summed E-state index contributed by atoms with van der Waals surface area (Å²) >= 11 is 0. The van der Waals surface area contributed by atoms with E-state index in [9.17, 15) is 9.59 Å². The summed E-state index contributed by atoms with van der Waals surface area (Å²) in [5.41, 5.74) is 4.25. The molecule has 0 unspecified atom stereocenters. The van der Waals surface area contributed by atoms with E-state index < -0.39 is 6.16 Å². The Labute approximate surface area is 234 Å². The van der Waals surface area contributed by atoms with Crippen LogP contribution in [0.15, 0.2) is 97.1 Å². The first kappa shape index (κ1) is 27.0. The highest BCUT2D eigenvalue weighted by Crippen LogP contribution is 2.45. The minimum atomic E-state index is -0.793. The number of ether oxygens (including phenoxy) is 4. The molecule has 0 amide bonds. The lowest BCUT2D eigenvalue weighted by Gasteiger charge is -2.38. The molecule has 6 heteroatoms. The van der Waals surface area contributed by atoms with Gasteiger partial charge in [0.05, 0.1) is 7.11 Å². The Morgan fingerprint density at radius 3 is 1.38 bits per heavy atom. The number of rotatable bonds is 7. The first-order valence-electron chi connectivity index (χ1n) is 13.5. The number of methoxy groups -OCH3 is 1. The predicted molar refractivity (Wildman–Crippen MR) is 153 cm³/mol. The lowest BCUT2D eigenvalue weighted by molar-refractivity contribution is -0.131. The molecule has 0 bridgehead atoms. The van der Waals surface area contributed by atoms with Gasteiger partial charge in [0, 0.05) is 12.3 Å². The molecule has 4 aromatic carbocycles. The van der Waals surface area contributed by atoms with Crippen molar-refractivity contribution in [1.82, 2.24) is 0 Å². The summed E-state index contributed by atoms with van der Waals surface area (Å²) in [6.45, 7) is 1.40. The van der Waals surface area contributed by atoms with Crippen LogP contribution < -0.4 is 18.9 Å². The van der Waals surface area contributed by atoms with Crippen molar-refractivity contribution in [1.29, 1.82) is 0 Å². The maximum atomic E-state index is 12.5. The molecule has 40 heavy (non-hydrogen) atoms. The van der Waals surface area contributed by atoms with Gasteiger partial charge in [0.1, 0.15) is 23.0 Å². The number of carbonyl (C=O) groups excluding carboxylic acids is 2. The van der Waals surface area contributed by atoms with Crippen LogP contribution in [0.1, 0.15) is 50.2 Å². The highest BCUT2D eigenvalue weighted by Gasteiger charge is 2.35. The second-order valence-electron chi connectivity index (χ2n) is 9.99. The normalized spacial score (nSPS) is 14.2. The number of hydrogen-bond donors (Lipinski definition) is 0. The second kappa shape index (κ2) is 12.1. The molecule has 1 fully saturated rings. The van der Waals surface area contributed by atoms with E-state index in [0.29, 0.717) is 17.2 Å². The fourth-order valence-electron chi connectivity index (χ4n) is 5.46. The summed E-state index contributed by atoms with van der Waals surface area (Å²) < 4.78 is 21.3. The molecular formula is C34H32O6. The van der Waals surface area contributed by atoms with E-state index in [-0.39, 0.29) is 11.4 Å². The van der Waals surface area contributed by atoms with Gasteiger partial charge >= 0.3 is 12.1 Å². The molecule has 4 aromatic rings. The van der Waals surface area contributed by atoms with E-state index >= 15 is 0 Å². The van der Waals surface area contributed by atoms with Gasteiger partial charge in [-0.05, 0) is 83.6 Å². The first-order chi connectivity index (χ1) is 19.4. The number of carbonyl (C=O) groups is 2. The van der Waals surface area contributed by atoms with Crippen molar-refractivity contribution in [2.45, 2.75) is 44.4 Å². The van der Waals surface area contributed by atoms with Crippen molar-refractivity contribution in [3.63, 3.8) is 0 Å². The van der Waals surface area contributed by atoms with Crippen LogP contribution in [0.4, 0.5) is 4.79 Å². The standard InChI is InChI=1S/C34H32O6/c1-24(35)38-30-18-10-27(11-19-30)34(22-4-3-5-23-34)28-12-20-32(21-13-28)40-33(36)39-31-16-8-26(9-17-31)25-6-14-29(37-2)15-7-25/h6-21H,3-5,22-23H2,1-2H3. The molecule has 0 aromatic heterocycles. The Kier molecular flexibility index (Phi) is 8.15. The molecular weight excluding hydrogens is 504 g/mol. The third-order valence-electron chi connectivity index (χ3n) is 7.46. The summed E-state index contributed by atoms with van der Waals surface area (Å²) in [5.74, 6) is 1.82. The maximum absolute atomic E-state index is 12.5. The monoisotopic (exact) mass is 536 g/mol. The van der Waals surface area contributed by atoms with E-state index in [1.165, 1.54) is 24.5 Å². The molecule has 0 atom stereocenters. The first-order valence-corrected chi connectivity index (χ1v) is 13.5. The Hall–Kier alpha value is -4.58. The minimum Gasteiger partial charge on any atom is -0.497 e. The number of benzene rings is 4. The maximum Gasteiger partial charge on any atom is 0.519 e. The Bertz CT molecular complexity index is 1430. The summed E-state index contributed by atoms with van der Waals surface area (Å²) in [4.78, 5) is 23.8. The lowest BCUT2D eigenvalue weighted by Crippen LogP contribution is -2.30. The summed E-state index contributed by atoms with van der Waals surface area (Å²) in [5, 5.41) is 0. The van der Waals surface area contributed by atoms with E-state index in [4.69, 9.17) is 18.9 Å². The van der Waals surface area contributed by atoms with Crippen LogP contribution in [0, 0.1) is 0 Å². The van der Waals surface area contributed by atoms with Crippen molar-refractivity contribution in [3.05, 3.63) is 108 Å². The number of esters is 1. The van der Waals surface area contributed by atoms with Crippen molar-refractivity contribution < 1.29 is 28.5 Å². The van der Waals surface area contributed by atoms with Gasteiger partial charge in [-0.1, -0.05) is 67.8 Å².